The molecule has 0 radical (unpaired) electrons. The first-order valence-electron chi connectivity index (χ1n) is 12.6. The molecular weight excluding hydrogens is 404 g/mol. The van der Waals surface area contributed by atoms with Crippen LogP contribution in [0, 0.1) is 0 Å². The lowest BCUT2D eigenvalue weighted by atomic mass is 9.99. The summed E-state index contributed by atoms with van der Waals surface area (Å²) in [6, 6.07) is 28.3. The summed E-state index contributed by atoms with van der Waals surface area (Å²) >= 11 is 0. The first-order chi connectivity index (χ1) is 16.4. The van der Waals surface area contributed by atoms with Crippen molar-refractivity contribution in [2.45, 2.75) is 51.0 Å². The zero-order chi connectivity index (χ0) is 22.6. The fourth-order valence-electron chi connectivity index (χ4n) is 4.56. The Bertz CT molecular complexity index is 942. The lowest BCUT2D eigenvalue weighted by Crippen LogP contribution is -2.23. The van der Waals surface area contributed by atoms with Gasteiger partial charge in [0.15, 0.2) is 0 Å². The van der Waals surface area contributed by atoms with Crippen LogP contribution >= 0.6 is 0 Å². The third-order valence-corrected chi connectivity index (χ3v) is 6.50. The number of nitrogens with one attached hydrogen (secondary N) is 2. The van der Waals surface area contributed by atoms with Gasteiger partial charge in [-0.05, 0) is 74.4 Å². The largest absolute Gasteiger partial charge is 0.493 e. The van der Waals surface area contributed by atoms with E-state index in [0.29, 0.717) is 5.92 Å². The van der Waals surface area contributed by atoms with Crippen molar-refractivity contribution >= 4 is 0 Å². The van der Waals surface area contributed by atoms with Crippen molar-refractivity contribution in [3.05, 3.63) is 101 Å². The molecule has 3 heteroatoms. The minimum atomic E-state index is 0.458. The molecule has 1 heterocycles. The first-order valence-corrected chi connectivity index (χ1v) is 12.6. The van der Waals surface area contributed by atoms with Gasteiger partial charge in [-0.2, -0.15) is 0 Å². The standard InChI is InChI=1S/C30H38N2O/c1-3-11-25(12-4-1)15-7-9-19-31-22-27-17-18-30-29(21-27)28(24-33-30)23-32-20-10-8-16-26-13-5-2-6-14-26/h1-6,11-14,17-18,21,28,31-32H,7-10,15-16,19-20,22-24H2. The second-order valence-electron chi connectivity index (χ2n) is 9.15. The Morgan fingerprint density at radius 3 is 1.97 bits per heavy atom. The second kappa shape index (κ2) is 13.2. The summed E-state index contributed by atoms with van der Waals surface area (Å²) < 4.78 is 5.94. The van der Waals surface area contributed by atoms with Crippen LogP contribution in [0.1, 0.15) is 53.9 Å². The van der Waals surface area contributed by atoms with Crippen LogP contribution < -0.4 is 15.4 Å². The van der Waals surface area contributed by atoms with Gasteiger partial charge in [-0.1, -0.05) is 72.8 Å². The molecule has 0 saturated heterocycles. The van der Waals surface area contributed by atoms with Gasteiger partial charge in [-0.25, -0.2) is 0 Å². The molecule has 0 aromatic heterocycles. The lowest BCUT2D eigenvalue weighted by Gasteiger charge is -2.12. The van der Waals surface area contributed by atoms with Crippen molar-refractivity contribution in [3.8, 4) is 5.75 Å². The summed E-state index contributed by atoms with van der Waals surface area (Å²) in [6.07, 6.45) is 7.22. The molecule has 1 unspecified atom stereocenters. The Kier molecular flexibility index (Phi) is 9.40. The monoisotopic (exact) mass is 442 g/mol. The van der Waals surface area contributed by atoms with Gasteiger partial charge in [0.1, 0.15) is 5.75 Å². The SMILES string of the molecule is c1ccc(CCCCNCc2ccc3c(c2)C(CNCCCCc2ccccc2)CO3)cc1. The number of unbranched alkanes of at least 4 members (excludes halogenated alkanes) is 2. The van der Waals surface area contributed by atoms with Crippen molar-refractivity contribution in [1.29, 1.82) is 0 Å². The average molecular weight is 443 g/mol. The van der Waals surface area contributed by atoms with Crippen LogP contribution in [0.15, 0.2) is 78.9 Å². The molecule has 0 fully saturated rings. The van der Waals surface area contributed by atoms with E-state index in [1.165, 1.54) is 60.8 Å². The summed E-state index contributed by atoms with van der Waals surface area (Å²) in [5, 5.41) is 7.28. The van der Waals surface area contributed by atoms with Crippen LogP contribution in [0.25, 0.3) is 0 Å². The summed E-state index contributed by atoms with van der Waals surface area (Å²) in [6.45, 7) is 4.85. The van der Waals surface area contributed by atoms with Gasteiger partial charge >= 0.3 is 0 Å². The number of aryl methyl sites for hydroxylation is 2. The predicted octanol–water partition coefficient (Wildman–Crippen LogP) is 5.89. The highest BCUT2D eigenvalue weighted by molar-refractivity contribution is 5.43. The van der Waals surface area contributed by atoms with Gasteiger partial charge in [0.05, 0.1) is 6.61 Å². The fraction of sp³-hybridized carbons (Fsp3) is 0.400. The second-order valence-corrected chi connectivity index (χ2v) is 9.15. The predicted molar refractivity (Wildman–Crippen MR) is 138 cm³/mol. The number of rotatable bonds is 14. The maximum atomic E-state index is 5.94. The number of hydrogen-bond acceptors (Lipinski definition) is 3. The Balaban J connectivity index is 1.11. The molecule has 33 heavy (non-hydrogen) atoms. The molecule has 174 valence electrons. The highest BCUT2D eigenvalue weighted by Gasteiger charge is 2.23. The van der Waals surface area contributed by atoms with Crippen molar-refractivity contribution in [2.24, 2.45) is 0 Å². The molecule has 1 aliphatic rings. The molecule has 0 bridgehead atoms. The minimum Gasteiger partial charge on any atom is -0.493 e. The van der Waals surface area contributed by atoms with E-state index in [1.807, 2.05) is 0 Å². The van der Waals surface area contributed by atoms with E-state index >= 15 is 0 Å². The molecule has 3 aromatic rings. The van der Waals surface area contributed by atoms with Crippen LogP contribution in [0.2, 0.25) is 0 Å². The lowest BCUT2D eigenvalue weighted by molar-refractivity contribution is 0.326. The van der Waals surface area contributed by atoms with Crippen LogP contribution in [0.5, 0.6) is 5.75 Å². The van der Waals surface area contributed by atoms with Crippen molar-refractivity contribution < 1.29 is 4.74 Å². The van der Waals surface area contributed by atoms with E-state index < -0.39 is 0 Å². The van der Waals surface area contributed by atoms with Crippen LogP contribution in [0.4, 0.5) is 0 Å². The van der Waals surface area contributed by atoms with Crippen LogP contribution in [-0.4, -0.2) is 26.2 Å². The Labute approximate surface area is 199 Å². The number of ether oxygens (including phenoxy) is 1. The molecule has 3 aromatic carbocycles. The number of benzene rings is 3. The van der Waals surface area contributed by atoms with E-state index in [0.717, 1.165) is 38.5 Å². The summed E-state index contributed by atoms with van der Waals surface area (Å²) in [5.74, 6) is 1.53. The van der Waals surface area contributed by atoms with Crippen LogP contribution in [-0.2, 0) is 19.4 Å². The Morgan fingerprint density at radius 2 is 1.30 bits per heavy atom. The van der Waals surface area contributed by atoms with Gasteiger partial charge < -0.3 is 15.4 Å². The van der Waals surface area contributed by atoms with E-state index in [9.17, 15) is 0 Å². The molecular formula is C30H38N2O. The minimum absolute atomic E-state index is 0.458. The van der Waals surface area contributed by atoms with Gasteiger partial charge in [-0.3, -0.25) is 0 Å². The molecule has 0 aliphatic carbocycles. The zero-order valence-electron chi connectivity index (χ0n) is 19.8. The van der Waals surface area contributed by atoms with E-state index in [2.05, 4.69) is 89.5 Å². The Morgan fingerprint density at radius 1 is 0.667 bits per heavy atom. The van der Waals surface area contributed by atoms with E-state index in [-0.39, 0.29) is 0 Å². The summed E-state index contributed by atoms with van der Waals surface area (Å²) in [7, 11) is 0. The maximum absolute atomic E-state index is 5.94. The van der Waals surface area contributed by atoms with Crippen LogP contribution in [0.3, 0.4) is 0 Å². The van der Waals surface area contributed by atoms with Crippen molar-refractivity contribution in [1.82, 2.24) is 10.6 Å². The van der Waals surface area contributed by atoms with E-state index in [1.54, 1.807) is 0 Å². The molecule has 1 atom stereocenters. The highest BCUT2D eigenvalue weighted by Crippen LogP contribution is 2.34. The van der Waals surface area contributed by atoms with E-state index in [4.69, 9.17) is 4.74 Å². The van der Waals surface area contributed by atoms with Crippen molar-refractivity contribution in [2.75, 3.05) is 26.2 Å². The van der Waals surface area contributed by atoms with Gasteiger partial charge in [0.2, 0.25) is 0 Å². The van der Waals surface area contributed by atoms with Gasteiger partial charge in [0.25, 0.3) is 0 Å². The number of fused-ring (bicyclic) bond motifs is 1. The molecule has 1 aliphatic heterocycles. The van der Waals surface area contributed by atoms with Crippen molar-refractivity contribution in [3.63, 3.8) is 0 Å². The third kappa shape index (κ3) is 7.73. The first kappa shape index (κ1) is 23.5. The molecule has 0 amide bonds. The Hall–Kier alpha value is -2.62. The smallest absolute Gasteiger partial charge is 0.122 e. The zero-order valence-corrected chi connectivity index (χ0v) is 19.8. The van der Waals surface area contributed by atoms with Gasteiger partial charge in [0, 0.05) is 24.6 Å². The average Bonchev–Trinajstić information content (AvgIpc) is 3.27. The molecule has 2 N–H and O–H groups in total. The topological polar surface area (TPSA) is 33.3 Å². The fourth-order valence-corrected chi connectivity index (χ4v) is 4.56. The summed E-state index contributed by atoms with van der Waals surface area (Å²) in [4.78, 5) is 0. The molecule has 3 nitrogen and oxygen atoms in total. The highest BCUT2D eigenvalue weighted by atomic mass is 16.5. The van der Waals surface area contributed by atoms with Gasteiger partial charge in [-0.15, -0.1) is 0 Å². The molecule has 4 rings (SSSR count). The molecule has 0 spiro atoms. The quantitative estimate of drug-likeness (QED) is 0.306. The normalized spacial score (nSPS) is 14.7. The molecule has 0 saturated carbocycles. The number of hydrogen-bond donors (Lipinski definition) is 2. The summed E-state index contributed by atoms with van der Waals surface area (Å²) in [5.41, 5.74) is 5.60. The maximum Gasteiger partial charge on any atom is 0.122 e. The third-order valence-electron chi connectivity index (χ3n) is 6.50.